The second-order valence-corrected chi connectivity index (χ2v) is 6.97. The Labute approximate surface area is 155 Å². The van der Waals surface area contributed by atoms with Crippen molar-refractivity contribution < 1.29 is 18.5 Å². The zero-order valence-corrected chi connectivity index (χ0v) is 14.7. The topological polar surface area (TPSA) is 81.3 Å². The zero-order valence-electron chi connectivity index (χ0n) is 14.7. The average molecular weight is 369 g/mol. The molecule has 0 spiro atoms. The summed E-state index contributed by atoms with van der Waals surface area (Å²) < 4.78 is 32.1. The second kappa shape index (κ2) is 6.46. The monoisotopic (exact) mass is 369 g/mol. The maximum absolute atomic E-state index is 13.2. The number of benzene rings is 2. The van der Waals surface area contributed by atoms with Gasteiger partial charge in [0.15, 0.2) is 0 Å². The highest BCUT2D eigenvalue weighted by molar-refractivity contribution is 6.64. The van der Waals surface area contributed by atoms with Gasteiger partial charge in [0.25, 0.3) is 5.92 Å². The minimum Gasteiger partial charge on any atom is -0.489 e. The molecule has 0 atom stereocenters. The molecule has 1 fully saturated rings. The van der Waals surface area contributed by atoms with Gasteiger partial charge in [0.1, 0.15) is 11.9 Å². The molecule has 1 aromatic heterocycles. The van der Waals surface area contributed by atoms with Gasteiger partial charge in [0.2, 0.25) is 0 Å². The number of rotatable bonds is 4. The van der Waals surface area contributed by atoms with Crippen molar-refractivity contribution in [3.8, 4) is 16.9 Å². The fourth-order valence-electron chi connectivity index (χ4n) is 3.25. The van der Waals surface area contributed by atoms with Gasteiger partial charge in [-0.15, -0.1) is 0 Å². The first kappa shape index (κ1) is 17.7. The first-order valence-electron chi connectivity index (χ1n) is 8.70. The summed E-state index contributed by atoms with van der Waals surface area (Å²) in [4.78, 5) is 0. The number of ether oxygens (including phenoxy) is 1. The summed E-state index contributed by atoms with van der Waals surface area (Å²) in [7, 11) is 0. The van der Waals surface area contributed by atoms with Crippen molar-refractivity contribution in [2.24, 2.45) is 0 Å². The van der Waals surface area contributed by atoms with Crippen molar-refractivity contribution in [1.82, 2.24) is 10.2 Å². The summed E-state index contributed by atoms with van der Waals surface area (Å²) in [5, 5.41) is 18.7. The Morgan fingerprint density at radius 3 is 2.70 bits per heavy atom. The number of nitrogens with two attached hydrogens (primary N) is 1. The van der Waals surface area contributed by atoms with Crippen LogP contribution in [0.3, 0.4) is 0 Å². The van der Waals surface area contributed by atoms with Gasteiger partial charge in [0.05, 0.1) is 17.4 Å². The molecule has 138 valence electrons. The quantitative estimate of drug-likeness (QED) is 0.692. The van der Waals surface area contributed by atoms with Gasteiger partial charge in [-0.05, 0) is 29.2 Å². The van der Waals surface area contributed by atoms with Gasteiger partial charge in [0, 0.05) is 23.8 Å². The number of halogens is 2. The largest absolute Gasteiger partial charge is 0.489 e. The van der Waals surface area contributed by atoms with E-state index in [-0.39, 0.29) is 12.8 Å². The summed E-state index contributed by atoms with van der Waals surface area (Å²) in [6.07, 6.45) is 0.391. The van der Waals surface area contributed by atoms with Gasteiger partial charge in [-0.1, -0.05) is 25.0 Å². The lowest BCUT2D eigenvalue weighted by Gasteiger charge is -2.35. The molecule has 0 radical (unpaired) electrons. The number of aromatic nitrogens is 2. The summed E-state index contributed by atoms with van der Waals surface area (Å²) >= 11 is 0. The van der Waals surface area contributed by atoms with E-state index < -0.39 is 18.9 Å². The van der Waals surface area contributed by atoms with Crippen LogP contribution in [-0.2, 0) is 0 Å². The predicted molar refractivity (Wildman–Crippen MR) is 101 cm³/mol. The molecule has 3 N–H and O–H groups in total. The number of hydrogen-bond acceptors (Lipinski definition) is 5. The Hall–Kier alpha value is -2.74. The molecule has 1 aliphatic carbocycles. The average Bonchev–Trinajstić information content (AvgIpc) is 2.60. The third-order valence-corrected chi connectivity index (χ3v) is 4.81. The van der Waals surface area contributed by atoms with Crippen LogP contribution in [0, 0.1) is 0 Å². The van der Waals surface area contributed by atoms with E-state index in [0.717, 1.165) is 10.9 Å². The molecular formula is C19H18BF2N3O2. The smallest absolute Gasteiger partial charge is 0.320 e. The predicted octanol–water partition coefficient (Wildman–Crippen LogP) is 2.88. The highest BCUT2D eigenvalue weighted by atomic mass is 19.3. The lowest BCUT2D eigenvalue weighted by atomic mass is 9.64. The van der Waals surface area contributed by atoms with E-state index in [1.165, 1.54) is 6.20 Å². The van der Waals surface area contributed by atoms with Crippen molar-refractivity contribution in [2.75, 3.05) is 5.73 Å². The SMILES string of the molecule is CB(O)c1ccc(OC2CC(F)(F)C2)c(-c2ccc3c(N)cnnc3c2)c1. The highest BCUT2D eigenvalue weighted by Crippen LogP contribution is 2.41. The van der Waals surface area contributed by atoms with Gasteiger partial charge in [-0.25, -0.2) is 8.78 Å². The van der Waals surface area contributed by atoms with E-state index in [1.54, 1.807) is 25.0 Å². The van der Waals surface area contributed by atoms with E-state index in [1.807, 2.05) is 18.2 Å². The summed E-state index contributed by atoms with van der Waals surface area (Å²) in [5.41, 5.74) is 9.26. The van der Waals surface area contributed by atoms with Crippen LogP contribution < -0.4 is 15.9 Å². The lowest BCUT2D eigenvalue weighted by molar-refractivity contribution is -0.134. The second-order valence-electron chi connectivity index (χ2n) is 6.97. The van der Waals surface area contributed by atoms with Crippen molar-refractivity contribution in [3.05, 3.63) is 42.6 Å². The molecule has 0 saturated heterocycles. The minimum absolute atomic E-state index is 0.287. The van der Waals surface area contributed by atoms with Crippen LogP contribution >= 0.6 is 0 Å². The molecule has 8 heteroatoms. The Morgan fingerprint density at radius 1 is 1.22 bits per heavy atom. The van der Waals surface area contributed by atoms with Crippen LogP contribution in [0.15, 0.2) is 42.6 Å². The zero-order chi connectivity index (χ0) is 19.2. The normalized spacial score (nSPS) is 16.1. The van der Waals surface area contributed by atoms with E-state index in [2.05, 4.69) is 10.2 Å². The number of alkyl halides is 2. The fraction of sp³-hybridized carbons (Fsp3) is 0.263. The van der Waals surface area contributed by atoms with E-state index in [0.29, 0.717) is 28.0 Å². The molecular weight excluding hydrogens is 351 g/mol. The number of nitrogen functional groups attached to an aromatic ring is 1. The van der Waals surface area contributed by atoms with E-state index >= 15 is 0 Å². The van der Waals surface area contributed by atoms with Crippen molar-refractivity contribution in [3.63, 3.8) is 0 Å². The van der Waals surface area contributed by atoms with Crippen LogP contribution in [0.2, 0.25) is 6.82 Å². The molecule has 3 aromatic rings. The van der Waals surface area contributed by atoms with Crippen LogP contribution in [0.5, 0.6) is 5.75 Å². The Kier molecular flexibility index (Phi) is 4.22. The Balaban J connectivity index is 1.76. The molecule has 1 saturated carbocycles. The summed E-state index contributed by atoms with van der Waals surface area (Å²) in [6, 6.07) is 10.8. The summed E-state index contributed by atoms with van der Waals surface area (Å²) in [6.45, 7) is 1.00. The van der Waals surface area contributed by atoms with Gasteiger partial charge < -0.3 is 15.5 Å². The standard InChI is InChI=1S/C19H18BF2N3O2/c1-20(26)12-3-5-18(27-13-8-19(21,22)9-13)15(7-12)11-2-4-14-16(23)10-24-25-17(14)6-11/h2-7,10,13,26H,8-9H2,1H3,(H2,23,25). The van der Waals surface area contributed by atoms with Crippen LogP contribution in [0.4, 0.5) is 14.5 Å². The molecule has 0 unspecified atom stereocenters. The highest BCUT2D eigenvalue weighted by Gasteiger charge is 2.47. The number of hydrogen-bond donors (Lipinski definition) is 2. The van der Waals surface area contributed by atoms with Gasteiger partial charge in [-0.3, -0.25) is 0 Å². The number of anilines is 1. The molecule has 0 bridgehead atoms. The van der Waals surface area contributed by atoms with Crippen molar-refractivity contribution in [1.29, 1.82) is 0 Å². The molecule has 5 nitrogen and oxygen atoms in total. The maximum Gasteiger partial charge on any atom is 0.320 e. The third-order valence-electron chi connectivity index (χ3n) is 4.81. The first-order chi connectivity index (χ1) is 12.8. The molecule has 27 heavy (non-hydrogen) atoms. The Bertz CT molecular complexity index is 1010. The maximum atomic E-state index is 13.2. The molecule has 1 aliphatic rings. The lowest BCUT2D eigenvalue weighted by Crippen LogP contribution is -2.43. The first-order valence-corrected chi connectivity index (χ1v) is 8.70. The van der Waals surface area contributed by atoms with Crippen molar-refractivity contribution >= 4 is 29.0 Å². The van der Waals surface area contributed by atoms with Crippen LogP contribution in [0.25, 0.3) is 22.0 Å². The minimum atomic E-state index is -2.65. The van der Waals surface area contributed by atoms with Gasteiger partial charge in [-0.2, -0.15) is 10.2 Å². The van der Waals surface area contributed by atoms with Crippen molar-refractivity contribution in [2.45, 2.75) is 31.7 Å². The summed E-state index contributed by atoms with van der Waals surface area (Å²) in [5.74, 6) is -2.16. The Morgan fingerprint density at radius 2 is 2.00 bits per heavy atom. The molecule has 1 heterocycles. The van der Waals surface area contributed by atoms with Gasteiger partial charge >= 0.3 is 6.92 Å². The van der Waals surface area contributed by atoms with E-state index in [4.69, 9.17) is 10.5 Å². The number of fused-ring (bicyclic) bond motifs is 1. The molecule has 4 rings (SSSR count). The fourth-order valence-corrected chi connectivity index (χ4v) is 3.25. The number of nitrogens with zero attached hydrogens (tertiary/aromatic N) is 2. The van der Waals surface area contributed by atoms with Crippen LogP contribution in [0.1, 0.15) is 12.8 Å². The molecule has 0 aliphatic heterocycles. The molecule has 0 amide bonds. The molecule has 2 aromatic carbocycles. The van der Waals surface area contributed by atoms with E-state index in [9.17, 15) is 13.8 Å². The third kappa shape index (κ3) is 3.44. The van der Waals surface area contributed by atoms with Crippen LogP contribution in [-0.4, -0.2) is 34.2 Å².